The number of thiophene rings is 1. The van der Waals surface area contributed by atoms with Crippen LogP contribution in [0.2, 0.25) is 0 Å². The van der Waals surface area contributed by atoms with Gasteiger partial charge in [0.05, 0.1) is 10.6 Å². The minimum atomic E-state index is -0.204. The van der Waals surface area contributed by atoms with Crippen LogP contribution >= 0.6 is 11.3 Å². The van der Waals surface area contributed by atoms with Crippen molar-refractivity contribution in [3.8, 4) is 16.5 Å². The summed E-state index contributed by atoms with van der Waals surface area (Å²) in [6, 6.07) is 11.2. The summed E-state index contributed by atoms with van der Waals surface area (Å²) in [6.07, 6.45) is 3.46. The van der Waals surface area contributed by atoms with Crippen molar-refractivity contribution < 1.29 is 14.1 Å². The summed E-state index contributed by atoms with van der Waals surface area (Å²) in [5.41, 5.74) is 0.752. The van der Waals surface area contributed by atoms with Gasteiger partial charge in [-0.15, -0.1) is 11.3 Å². The highest BCUT2D eigenvalue weighted by molar-refractivity contribution is 7.16. The SMILES string of the molecule is Cc1sc(-c2noc(C3CCC3)n2)cc1NC(=O)COc1ccccc1. The molecule has 3 aromatic rings. The highest BCUT2D eigenvalue weighted by Crippen LogP contribution is 2.38. The molecule has 1 aliphatic carbocycles. The number of carbonyl (C=O) groups is 1. The Balaban J connectivity index is 1.39. The number of para-hydroxylation sites is 1. The molecular weight excluding hydrogens is 350 g/mol. The van der Waals surface area contributed by atoms with E-state index >= 15 is 0 Å². The second kappa shape index (κ2) is 7.29. The van der Waals surface area contributed by atoms with Crippen LogP contribution in [0.25, 0.3) is 10.7 Å². The molecule has 1 N–H and O–H groups in total. The number of hydrogen-bond donors (Lipinski definition) is 1. The molecule has 0 bridgehead atoms. The van der Waals surface area contributed by atoms with Crippen LogP contribution in [0.3, 0.4) is 0 Å². The van der Waals surface area contributed by atoms with Crippen molar-refractivity contribution in [3.05, 3.63) is 47.2 Å². The van der Waals surface area contributed by atoms with E-state index < -0.39 is 0 Å². The third-order valence-corrected chi connectivity index (χ3v) is 5.47. The van der Waals surface area contributed by atoms with Gasteiger partial charge in [-0.2, -0.15) is 4.98 Å². The van der Waals surface area contributed by atoms with Gasteiger partial charge in [0.15, 0.2) is 6.61 Å². The Bertz CT molecular complexity index is 900. The van der Waals surface area contributed by atoms with Gasteiger partial charge in [0, 0.05) is 10.8 Å². The van der Waals surface area contributed by atoms with Crippen LogP contribution in [0.15, 0.2) is 40.9 Å². The van der Waals surface area contributed by atoms with E-state index in [0.717, 1.165) is 34.2 Å². The molecule has 134 valence electrons. The fraction of sp³-hybridized carbons (Fsp3) is 0.316. The summed E-state index contributed by atoms with van der Waals surface area (Å²) in [5, 5.41) is 6.97. The lowest BCUT2D eigenvalue weighted by Gasteiger charge is -2.20. The van der Waals surface area contributed by atoms with Crippen molar-refractivity contribution in [2.75, 3.05) is 11.9 Å². The number of ether oxygens (including phenoxy) is 1. The van der Waals surface area contributed by atoms with Crippen LogP contribution in [0, 0.1) is 6.92 Å². The van der Waals surface area contributed by atoms with E-state index in [-0.39, 0.29) is 12.5 Å². The molecule has 2 aromatic heterocycles. The number of rotatable bonds is 6. The van der Waals surface area contributed by atoms with Gasteiger partial charge in [0.1, 0.15) is 5.75 Å². The number of hydrogen-bond acceptors (Lipinski definition) is 6. The first-order chi connectivity index (χ1) is 12.7. The minimum Gasteiger partial charge on any atom is -0.484 e. The number of amides is 1. The summed E-state index contributed by atoms with van der Waals surface area (Å²) < 4.78 is 10.9. The molecular formula is C19H19N3O3S. The van der Waals surface area contributed by atoms with E-state index in [4.69, 9.17) is 9.26 Å². The minimum absolute atomic E-state index is 0.0390. The molecule has 2 heterocycles. The van der Waals surface area contributed by atoms with Crippen molar-refractivity contribution >= 4 is 22.9 Å². The maximum atomic E-state index is 12.1. The van der Waals surface area contributed by atoms with E-state index in [0.29, 0.717) is 17.5 Å². The lowest BCUT2D eigenvalue weighted by atomic mass is 9.85. The van der Waals surface area contributed by atoms with Crippen molar-refractivity contribution in [3.63, 3.8) is 0 Å². The molecule has 4 rings (SSSR count). The van der Waals surface area contributed by atoms with Crippen molar-refractivity contribution in [1.29, 1.82) is 0 Å². The molecule has 0 atom stereocenters. The highest BCUT2D eigenvalue weighted by atomic mass is 32.1. The van der Waals surface area contributed by atoms with Gasteiger partial charge in [-0.1, -0.05) is 29.8 Å². The first kappa shape index (κ1) is 16.8. The molecule has 6 nitrogen and oxygen atoms in total. The fourth-order valence-corrected chi connectivity index (χ4v) is 3.63. The number of aryl methyl sites for hydroxylation is 1. The van der Waals surface area contributed by atoms with Crippen LogP contribution < -0.4 is 10.1 Å². The summed E-state index contributed by atoms with van der Waals surface area (Å²) in [7, 11) is 0. The van der Waals surface area contributed by atoms with Gasteiger partial charge >= 0.3 is 0 Å². The molecule has 1 fully saturated rings. The Kier molecular flexibility index (Phi) is 4.71. The van der Waals surface area contributed by atoms with Crippen molar-refractivity contribution in [1.82, 2.24) is 10.1 Å². The van der Waals surface area contributed by atoms with Gasteiger partial charge in [-0.05, 0) is 38.0 Å². The average molecular weight is 369 g/mol. The van der Waals surface area contributed by atoms with Crippen LogP contribution in [0.1, 0.15) is 35.9 Å². The van der Waals surface area contributed by atoms with Crippen molar-refractivity contribution in [2.24, 2.45) is 0 Å². The maximum absolute atomic E-state index is 12.1. The monoisotopic (exact) mass is 369 g/mol. The van der Waals surface area contributed by atoms with Crippen LogP contribution in [-0.2, 0) is 4.79 Å². The first-order valence-corrected chi connectivity index (χ1v) is 9.43. The zero-order valence-corrected chi connectivity index (χ0v) is 15.2. The molecule has 1 aromatic carbocycles. The van der Waals surface area contributed by atoms with Gasteiger partial charge in [0.2, 0.25) is 11.7 Å². The number of benzene rings is 1. The zero-order chi connectivity index (χ0) is 17.9. The van der Waals surface area contributed by atoms with E-state index in [1.54, 1.807) is 0 Å². The highest BCUT2D eigenvalue weighted by Gasteiger charge is 2.26. The molecule has 1 aliphatic rings. The molecule has 1 saturated carbocycles. The summed E-state index contributed by atoms with van der Waals surface area (Å²) in [5.74, 6) is 2.18. The lowest BCUT2D eigenvalue weighted by molar-refractivity contribution is -0.118. The molecule has 1 amide bonds. The Labute approximate surface area is 155 Å². The Morgan fingerprint density at radius 1 is 1.35 bits per heavy atom. The molecule has 26 heavy (non-hydrogen) atoms. The predicted octanol–water partition coefficient (Wildman–Crippen LogP) is 4.39. The second-order valence-corrected chi connectivity index (χ2v) is 7.57. The Morgan fingerprint density at radius 2 is 2.15 bits per heavy atom. The van der Waals surface area contributed by atoms with Crippen LogP contribution in [0.5, 0.6) is 5.75 Å². The Hall–Kier alpha value is -2.67. The fourth-order valence-electron chi connectivity index (χ4n) is 2.72. The first-order valence-electron chi connectivity index (χ1n) is 8.61. The van der Waals surface area contributed by atoms with E-state index in [1.807, 2.05) is 43.3 Å². The van der Waals surface area contributed by atoms with Gasteiger partial charge in [-0.25, -0.2) is 0 Å². The topological polar surface area (TPSA) is 77.3 Å². The van der Waals surface area contributed by atoms with Gasteiger partial charge < -0.3 is 14.6 Å². The largest absolute Gasteiger partial charge is 0.484 e. The molecule has 0 spiro atoms. The third-order valence-electron chi connectivity index (χ3n) is 4.42. The number of anilines is 1. The van der Waals surface area contributed by atoms with Gasteiger partial charge in [-0.3, -0.25) is 4.79 Å². The smallest absolute Gasteiger partial charge is 0.262 e. The van der Waals surface area contributed by atoms with Crippen molar-refractivity contribution in [2.45, 2.75) is 32.1 Å². The zero-order valence-electron chi connectivity index (χ0n) is 14.4. The Morgan fingerprint density at radius 3 is 2.88 bits per heavy atom. The number of aromatic nitrogens is 2. The van der Waals surface area contributed by atoms with Crippen LogP contribution in [-0.4, -0.2) is 22.7 Å². The third kappa shape index (κ3) is 3.62. The molecule has 7 heteroatoms. The quantitative estimate of drug-likeness (QED) is 0.697. The number of carbonyl (C=O) groups excluding carboxylic acids is 1. The van der Waals surface area contributed by atoms with E-state index in [1.165, 1.54) is 17.8 Å². The summed E-state index contributed by atoms with van der Waals surface area (Å²) in [6.45, 7) is 1.91. The summed E-state index contributed by atoms with van der Waals surface area (Å²) >= 11 is 1.53. The van der Waals surface area contributed by atoms with E-state index in [9.17, 15) is 4.79 Å². The normalized spacial score (nSPS) is 14.0. The lowest BCUT2D eigenvalue weighted by Crippen LogP contribution is -2.20. The predicted molar refractivity (Wildman–Crippen MR) is 99.5 cm³/mol. The molecule has 0 unspecified atom stereocenters. The molecule has 0 radical (unpaired) electrons. The second-order valence-electron chi connectivity index (χ2n) is 6.31. The average Bonchev–Trinajstić information content (AvgIpc) is 3.20. The number of nitrogens with zero attached hydrogens (tertiary/aromatic N) is 2. The molecule has 0 aliphatic heterocycles. The van der Waals surface area contributed by atoms with E-state index in [2.05, 4.69) is 15.5 Å². The molecule has 0 saturated heterocycles. The summed E-state index contributed by atoms with van der Waals surface area (Å²) in [4.78, 5) is 18.5. The van der Waals surface area contributed by atoms with Gasteiger partial charge in [0.25, 0.3) is 5.91 Å². The standard InChI is InChI=1S/C19H19N3O3S/c1-12-15(20-17(23)11-24-14-8-3-2-4-9-14)10-16(26-12)18-21-19(25-22-18)13-6-5-7-13/h2-4,8-10,13H,5-7,11H2,1H3,(H,20,23). The van der Waals surface area contributed by atoms with Crippen LogP contribution in [0.4, 0.5) is 5.69 Å². The maximum Gasteiger partial charge on any atom is 0.262 e. The number of nitrogens with one attached hydrogen (secondary N) is 1.